The summed E-state index contributed by atoms with van der Waals surface area (Å²) < 4.78 is 5.33. The monoisotopic (exact) mass is 182 g/mol. The maximum Gasteiger partial charge on any atom is 0.0950 e. The fraction of sp³-hybridized carbons (Fsp3) is 0.818. The summed E-state index contributed by atoms with van der Waals surface area (Å²) >= 11 is 0. The van der Waals surface area contributed by atoms with Gasteiger partial charge in [-0.25, -0.2) is 0 Å². The number of ether oxygens (including phenoxy) is 1. The molecule has 1 rings (SSSR count). The van der Waals surface area contributed by atoms with Crippen LogP contribution in [0.15, 0.2) is 0 Å². The van der Waals surface area contributed by atoms with Gasteiger partial charge in [0.2, 0.25) is 0 Å². The zero-order valence-electron chi connectivity index (χ0n) is 8.42. The first-order valence-corrected chi connectivity index (χ1v) is 5.07. The van der Waals surface area contributed by atoms with E-state index in [1.54, 1.807) is 0 Å². The van der Waals surface area contributed by atoms with Gasteiger partial charge >= 0.3 is 0 Å². The molecule has 2 heteroatoms. The number of aliphatic hydroxyl groups is 1. The van der Waals surface area contributed by atoms with Crippen LogP contribution in [-0.2, 0) is 4.74 Å². The first kappa shape index (κ1) is 10.6. The van der Waals surface area contributed by atoms with Crippen LogP contribution in [0.4, 0.5) is 0 Å². The van der Waals surface area contributed by atoms with E-state index in [0.29, 0.717) is 18.6 Å². The number of epoxide rings is 1. The lowest BCUT2D eigenvalue weighted by atomic mass is 10.2. The highest BCUT2D eigenvalue weighted by Crippen LogP contribution is 2.27. The molecule has 1 heterocycles. The predicted octanol–water partition coefficient (Wildman–Crippen LogP) is 1.72. The average Bonchev–Trinajstić information content (AvgIpc) is 2.90. The van der Waals surface area contributed by atoms with Crippen molar-refractivity contribution in [2.24, 2.45) is 0 Å². The zero-order chi connectivity index (χ0) is 9.68. The molecule has 1 N–H and O–H groups in total. The van der Waals surface area contributed by atoms with Crippen LogP contribution < -0.4 is 0 Å². The van der Waals surface area contributed by atoms with Crippen molar-refractivity contribution in [3.63, 3.8) is 0 Å². The lowest BCUT2D eigenvalue weighted by molar-refractivity contribution is 0.176. The van der Waals surface area contributed by atoms with Gasteiger partial charge in [-0.1, -0.05) is 13.8 Å². The van der Waals surface area contributed by atoms with Crippen molar-refractivity contribution in [2.45, 2.75) is 57.8 Å². The Hall–Kier alpha value is -0.520. The molecule has 74 valence electrons. The van der Waals surface area contributed by atoms with Crippen molar-refractivity contribution in [3.05, 3.63) is 0 Å². The van der Waals surface area contributed by atoms with Crippen LogP contribution in [0.2, 0.25) is 0 Å². The van der Waals surface area contributed by atoms with Crippen LogP contribution in [0.3, 0.4) is 0 Å². The minimum Gasteiger partial charge on any atom is -0.392 e. The van der Waals surface area contributed by atoms with Crippen molar-refractivity contribution >= 4 is 0 Å². The molecule has 0 radical (unpaired) electrons. The average molecular weight is 182 g/mol. The van der Waals surface area contributed by atoms with E-state index in [2.05, 4.69) is 18.8 Å². The summed E-state index contributed by atoms with van der Waals surface area (Å²) in [6, 6.07) is 0. The van der Waals surface area contributed by atoms with Gasteiger partial charge in [-0.05, 0) is 12.8 Å². The standard InChI is InChI=1S/C11H18O2/c1-3-9(12)7-5-6-8-11-10(4-2)13-11/h9-12H,3-4,7-8H2,1-2H3. The predicted molar refractivity (Wildman–Crippen MR) is 52.3 cm³/mol. The molecular formula is C11H18O2. The minimum atomic E-state index is -0.255. The Balaban J connectivity index is 2.05. The van der Waals surface area contributed by atoms with E-state index in [1.807, 2.05) is 6.92 Å². The molecule has 0 aromatic heterocycles. The van der Waals surface area contributed by atoms with Crippen molar-refractivity contribution in [1.29, 1.82) is 0 Å². The number of aliphatic hydroxyl groups excluding tert-OH is 1. The summed E-state index contributed by atoms with van der Waals surface area (Å²) in [5.41, 5.74) is 0. The Labute approximate surface area is 80.3 Å². The molecule has 0 aromatic carbocycles. The smallest absolute Gasteiger partial charge is 0.0950 e. The van der Waals surface area contributed by atoms with E-state index in [-0.39, 0.29) is 6.10 Å². The Morgan fingerprint density at radius 3 is 2.62 bits per heavy atom. The molecule has 3 unspecified atom stereocenters. The topological polar surface area (TPSA) is 32.8 Å². The summed E-state index contributed by atoms with van der Waals surface area (Å²) in [6.45, 7) is 4.09. The van der Waals surface area contributed by atoms with Crippen LogP contribution >= 0.6 is 0 Å². The fourth-order valence-corrected chi connectivity index (χ4v) is 1.22. The molecule has 3 atom stereocenters. The first-order chi connectivity index (χ1) is 6.27. The maximum absolute atomic E-state index is 9.20. The Morgan fingerprint density at radius 1 is 1.31 bits per heavy atom. The van der Waals surface area contributed by atoms with Crippen molar-refractivity contribution in [3.8, 4) is 11.8 Å². The van der Waals surface area contributed by atoms with Gasteiger partial charge in [0.05, 0.1) is 18.3 Å². The molecule has 0 amide bonds. The minimum absolute atomic E-state index is 0.255. The summed E-state index contributed by atoms with van der Waals surface area (Å²) in [5.74, 6) is 6.01. The van der Waals surface area contributed by atoms with E-state index in [4.69, 9.17) is 4.74 Å². The molecule has 1 aliphatic heterocycles. The quantitative estimate of drug-likeness (QED) is 0.530. The molecule has 0 bridgehead atoms. The van der Waals surface area contributed by atoms with Crippen LogP contribution in [0.1, 0.15) is 39.5 Å². The third kappa shape index (κ3) is 3.80. The normalized spacial score (nSPS) is 27.6. The van der Waals surface area contributed by atoms with Crippen molar-refractivity contribution in [1.82, 2.24) is 0 Å². The highest BCUT2D eigenvalue weighted by atomic mass is 16.6. The molecular weight excluding hydrogens is 164 g/mol. The zero-order valence-corrected chi connectivity index (χ0v) is 8.42. The SMILES string of the molecule is CCC(O)CC#CCC1OC1CC. The van der Waals surface area contributed by atoms with Gasteiger partial charge in [0.15, 0.2) is 0 Å². The lowest BCUT2D eigenvalue weighted by Crippen LogP contribution is -2.01. The molecule has 0 aliphatic carbocycles. The van der Waals surface area contributed by atoms with E-state index in [0.717, 1.165) is 19.3 Å². The van der Waals surface area contributed by atoms with E-state index in [1.165, 1.54) is 0 Å². The highest BCUT2D eigenvalue weighted by molar-refractivity contribution is 5.05. The largest absolute Gasteiger partial charge is 0.392 e. The molecule has 0 aromatic rings. The number of hydrogen-bond acceptors (Lipinski definition) is 2. The maximum atomic E-state index is 9.20. The third-order valence-corrected chi connectivity index (χ3v) is 2.33. The second-order valence-electron chi connectivity index (χ2n) is 3.45. The van der Waals surface area contributed by atoms with Gasteiger partial charge in [0.1, 0.15) is 0 Å². The van der Waals surface area contributed by atoms with Gasteiger partial charge in [0, 0.05) is 12.8 Å². The molecule has 2 nitrogen and oxygen atoms in total. The molecule has 1 aliphatic rings. The number of rotatable bonds is 4. The van der Waals surface area contributed by atoms with Gasteiger partial charge in [0.25, 0.3) is 0 Å². The van der Waals surface area contributed by atoms with Crippen LogP contribution in [0.5, 0.6) is 0 Å². The molecule has 0 spiro atoms. The van der Waals surface area contributed by atoms with Crippen molar-refractivity contribution in [2.75, 3.05) is 0 Å². The van der Waals surface area contributed by atoms with Gasteiger partial charge in [-0.2, -0.15) is 0 Å². The second kappa shape index (κ2) is 5.26. The summed E-state index contributed by atoms with van der Waals surface area (Å²) in [5, 5.41) is 9.20. The Morgan fingerprint density at radius 2 is 2.08 bits per heavy atom. The summed E-state index contributed by atoms with van der Waals surface area (Å²) in [4.78, 5) is 0. The summed E-state index contributed by atoms with van der Waals surface area (Å²) in [7, 11) is 0. The molecule has 0 saturated carbocycles. The second-order valence-corrected chi connectivity index (χ2v) is 3.45. The van der Waals surface area contributed by atoms with E-state index < -0.39 is 0 Å². The van der Waals surface area contributed by atoms with Gasteiger partial charge < -0.3 is 9.84 Å². The first-order valence-electron chi connectivity index (χ1n) is 5.07. The highest BCUT2D eigenvalue weighted by Gasteiger charge is 2.35. The molecule has 1 fully saturated rings. The van der Waals surface area contributed by atoms with Gasteiger partial charge in [-0.3, -0.25) is 0 Å². The van der Waals surface area contributed by atoms with Crippen LogP contribution in [-0.4, -0.2) is 23.4 Å². The van der Waals surface area contributed by atoms with E-state index in [9.17, 15) is 5.11 Å². The lowest BCUT2D eigenvalue weighted by Gasteiger charge is -1.98. The van der Waals surface area contributed by atoms with E-state index >= 15 is 0 Å². The third-order valence-electron chi connectivity index (χ3n) is 2.33. The Bertz CT molecular complexity index is 202. The summed E-state index contributed by atoms with van der Waals surface area (Å²) in [6.07, 6.45) is 3.86. The number of hydrogen-bond donors (Lipinski definition) is 1. The molecule has 13 heavy (non-hydrogen) atoms. The fourth-order valence-electron chi connectivity index (χ4n) is 1.22. The van der Waals surface area contributed by atoms with Crippen molar-refractivity contribution < 1.29 is 9.84 Å². The molecule has 1 saturated heterocycles. The van der Waals surface area contributed by atoms with Crippen LogP contribution in [0, 0.1) is 11.8 Å². The van der Waals surface area contributed by atoms with Gasteiger partial charge in [-0.15, -0.1) is 11.8 Å². The Kier molecular flexibility index (Phi) is 4.27. The van der Waals surface area contributed by atoms with Crippen LogP contribution in [0.25, 0.3) is 0 Å².